The van der Waals surface area contributed by atoms with Crippen LogP contribution in [0.4, 0.5) is 13.2 Å². The topological polar surface area (TPSA) is 28.7 Å². The minimum atomic E-state index is -4.17. The highest BCUT2D eigenvalue weighted by Gasteiger charge is 2.38. The molecule has 0 saturated heterocycles. The summed E-state index contributed by atoms with van der Waals surface area (Å²) >= 11 is 0. The minimum absolute atomic E-state index is 0.164. The molecule has 0 bridgehead atoms. The van der Waals surface area contributed by atoms with E-state index in [9.17, 15) is 13.2 Å². The SMILES string of the molecule is N#CCc1c2n(c3ccccc13)CCC2CC(F)(F)F. The first-order valence-electron chi connectivity index (χ1n) is 6.55. The number of halogens is 3. The van der Waals surface area contributed by atoms with Crippen molar-refractivity contribution in [2.45, 2.75) is 37.9 Å². The summed E-state index contributed by atoms with van der Waals surface area (Å²) in [5.74, 6) is -0.522. The molecule has 3 rings (SSSR count). The molecule has 2 heterocycles. The molecular weight excluding hydrogens is 265 g/mol. The Labute approximate surface area is 114 Å². The van der Waals surface area contributed by atoms with Gasteiger partial charge in [-0.05, 0) is 18.1 Å². The molecule has 0 fully saturated rings. The molecule has 2 aromatic rings. The normalized spacial score (nSPS) is 18.2. The number of fused-ring (bicyclic) bond motifs is 3. The third-order valence-electron chi connectivity index (χ3n) is 3.94. The first-order chi connectivity index (χ1) is 9.51. The number of aromatic nitrogens is 1. The van der Waals surface area contributed by atoms with Gasteiger partial charge in [0, 0.05) is 29.1 Å². The first-order valence-corrected chi connectivity index (χ1v) is 6.55. The molecule has 0 amide bonds. The van der Waals surface area contributed by atoms with Gasteiger partial charge in [-0.2, -0.15) is 18.4 Å². The fourth-order valence-corrected chi connectivity index (χ4v) is 3.27. The maximum Gasteiger partial charge on any atom is 0.389 e. The van der Waals surface area contributed by atoms with Crippen LogP contribution in [0.25, 0.3) is 10.9 Å². The molecule has 0 aliphatic carbocycles. The van der Waals surface area contributed by atoms with Crippen molar-refractivity contribution in [1.29, 1.82) is 5.26 Å². The van der Waals surface area contributed by atoms with Crippen molar-refractivity contribution >= 4 is 10.9 Å². The van der Waals surface area contributed by atoms with Crippen LogP contribution in [0.15, 0.2) is 24.3 Å². The Bertz CT molecular complexity index is 691. The van der Waals surface area contributed by atoms with Crippen molar-refractivity contribution in [2.24, 2.45) is 0 Å². The van der Waals surface area contributed by atoms with Gasteiger partial charge in [0.15, 0.2) is 0 Å². The van der Waals surface area contributed by atoms with Crippen molar-refractivity contribution < 1.29 is 13.2 Å². The van der Waals surface area contributed by atoms with Crippen LogP contribution in [-0.4, -0.2) is 10.7 Å². The average molecular weight is 278 g/mol. The van der Waals surface area contributed by atoms with Gasteiger partial charge in [-0.3, -0.25) is 0 Å². The highest BCUT2D eigenvalue weighted by atomic mass is 19.4. The summed E-state index contributed by atoms with van der Waals surface area (Å²) in [6.45, 7) is 0.599. The number of hydrogen-bond acceptors (Lipinski definition) is 1. The van der Waals surface area contributed by atoms with E-state index in [0.29, 0.717) is 18.7 Å². The highest BCUT2D eigenvalue weighted by Crippen LogP contribution is 2.43. The lowest BCUT2D eigenvalue weighted by Crippen LogP contribution is -2.13. The summed E-state index contributed by atoms with van der Waals surface area (Å²) in [6.07, 6.45) is -4.31. The second-order valence-electron chi connectivity index (χ2n) is 5.17. The summed E-state index contributed by atoms with van der Waals surface area (Å²) in [6, 6.07) is 9.62. The van der Waals surface area contributed by atoms with E-state index in [4.69, 9.17) is 5.26 Å². The van der Waals surface area contributed by atoms with Crippen molar-refractivity contribution in [3.05, 3.63) is 35.5 Å². The second-order valence-corrected chi connectivity index (χ2v) is 5.17. The fourth-order valence-electron chi connectivity index (χ4n) is 3.27. The Morgan fingerprint density at radius 1 is 1.30 bits per heavy atom. The summed E-state index contributed by atoms with van der Waals surface area (Å²) in [5, 5.41) is 9.88. The number of hydrogen-bond donors (Lipinski definition) is 0. The van der Waals surface area contributed by atoms with E-state index in [2.05, 4.69) is 6.07 Å². The molecule has 1 aliphatic heterocycles. The first kappa shape index (κ1) is 13.0. The van der Waals surface area contributed by atoms with Crippen molar-refractivity contribution in [3.63, 3.8) is 0 Å². The molecule has 1 aromatic carbocycles. The van der Waals surface area contributed by atoms with Gasteiger partial charge in [-0.25, -0.2) is 0 Å². The predicted octanol–water partition coefficient (Wildman–Crippen LogP) is 4.15. The van der Waals surface area contributed by atoms with Gasteiger partial charge >= 0.3 is 6.18 Å². The lowest BCUT2D eigenvalue weighted by molar-refractivity contribution is -0.138. The van der Waals surface area contributed by atoms with Gasteiger partial charge in [0.05, 0.1) is 18.9 Å². The maximum atomic E-state index is 12.7. The van der Waals surface area contributed by atoms with E-state index < -0.39 is 18.5 Å². The Morgan fingerprint density at radius 2 is 2.05 bits per heavy atom. The number of aryl methyl sites for hydroxylation is 1. The van der Waals surface area contributed by atoms with E-state index in [1.54, 1.807) is 0 Å². The van der Waals surface area contributed by atoms with Crippen LogP contribution >= 0.6 is 0 Å². The monoisotopic (exact) mass is 278 g/mol. The summed E-state index contributed by atoms with van der Waals surface area (Å²) in [7, 11) is 0. The standard InChI is InChI=1S/C15H13F3N2/c16-15(17,18)9-10-6-8-20-13-4-2-1-3-11(13)12(5-7-19)14(10)20/h1-4,10H,5-6,8-9H2. The van der Waals surface area contributed by atoms with Crippen LogP contribution in [0.1, 0.15) is 30.0 Å². The van der Waals surface area contributed by atoms with Gasteiger partial charge in [0.2, 0.25) is 0 Å². The Hall–Kier alpha value is -1.96. The molecule has 104 valence electrons. The zero-order valence-electron chi connectivity index (χ0n) is 10.7. The van der Waals surface area contributed by atoms with E-state index in [1.165, 1.54) is 0 Å². The van der Waals surface area contributed by atoms with Crippen LogP contribution in [0.2, 0.25) is 0 Å². The summed E-state index contributed by atoms with van der Waals surface area (Å²) in [5.41, 5.74) is 2.43. The predicted molar refractivity (Wildman–Crippen MR) is 69.3 cm³/mol. The third kappa shape index (κ3) is 2.05. The third-order valence-corrected chi connectivity index (χ3v) is 3.94. The van der Waals surface area contributed by atoms with E-state index in [1.807, 2.05) is 28.8 Å². The smallest absolute Gasteiger partial charge is 0.344 e. The van der Waals surface area contributed by atoms with Crippen LogP contribution in [0, 0.1) is 11.3 Å². The Morgan fingerprint density at radius 3 is 2.75 bits per heavy atom. The molecule has 1 unspecified atom stereocenters. The molecule has 1 aromatic heterocycles. The lowest BCUT2D eigenvalue weighted by atomic mass is 9.94. The van der Waals surface area contributed by atoms with Crippen molar-refractivity contribution in [1.82, 2.24) is 4.57 Å². The number of benzene rings is 1. The second kappa shape index (κ2) is 4.55. The zero-order valence-corrected chi connectivity index (χ0v) is 10.7. The summed E-state index contributed by atoms with van der Waals surface area (Å²) in [4.78, 5) is 0. The molecule has 0 spiro atoms. The van der Waals surface area contributed by atoms with E-state index in [-0.39, 0.29) is 6.42 Å². The quantitative estimate of drug-likeness (QED) is 0.811. The molecule has 5 heteroatoms. The minimum Gasteiger partial charge on any atom is -0.344 e. The van der Waals surface area contributed by atoms with Crippen LogP contribution < -0.4 is 0 Å². The zero-order chi connectivity index (χ0) is 14.3. The largest absolute Gasteiger partial charge is 0.389 e. The van der Waals surface area contributed by atoms with Crippen LogP contribution in [0.3, 0.4) is 0 Å². The number of alkyl halides is 3. The van der Waals surface area contributed by atoms with Crippen LogP contribution in [0.5, 0.6) is 0 Å². The Balaban J connectivity index is 2.15. The van der Waals surface area contributed by atoms with Gasteiger partial charge in [0.25, 0.3) is 0 Å². The molecule has 1 aliphatic rings. The number of nitriles is 1. The number of nitrogens with zero attached hydrogens (tertiary/aromatic N) is 2. The molecular formula is C15H13F3N2. The van der Waals surface area contributed by atoms with E-state index >= 15 is 0 Å². The van der Waals surface area contributed by atoms with Crippen LogP contribution in [-0.2, 0) is 13.0 Å². The van der Waals surface area contributed by atoms with Gasteiger partial charge in [-0.1, -0.05) is 18.2 Å². The van der Waals surface area contributed by atoms with Crippen molar-refractivity contribution in [3.8, 4) is 6.07 Å². The van der Waals surface area contributed by atoms with Gasteiger partial charge in [0.1, 0.15) is 0 Å². The number of para-hydroxylation sites is 1. The van der Waals surface area contributed by atoms with Crippen molar-refractivity contribution in [2.75, 3.05) is 0 Å². The fraction of sp³-hybridized carbons (Fsp3) is 0.400. The maximum absolute atomic E-state index is 12.7. The molecule has 1 atom stereocenters. The molecule has 2 nitrogen and oxygen atoms in total. The highest BCUT2D eigenvalue weighted by molar-refractivity contribution is 5.86. The molecule has 20 heavy (non-hydrogen) atoms. The van der Waals surface area contributed by atoms with Gasteiger partial charge < -0.3 is 4.57 Å². The van der Waals surface area contributed by atoms with E-state index in [0.717, 1.165) is 16.5 Å². The molecule has 0 radical (unpaired) electrons. The average Bonchev–Trinajstić information content (AvgIpc) is 2.90. The number of rotatable bonds is 2. The Kier molecular flexibility index (Phi) is 2.97. The van der Waals surface area contributed by atoms with Gasteiger partial charge in [-0.15, -0.1) is 0 Å². The summed E-state index contributed by atoms with van der Waals surface area (Å²) < 4.78 is 40.1. The molecule has 0 N–H and O–H groups in total. The lowest BCUT2D eigenvalue weighted by Gasteiger charge is -2.14. The molecule has 0 saturated carbocycles.